The number of carbonyl (C=O) groups excluding carboxylic acids is 2. The smallest absolute Gasteiger partial charge is 0.350 e. The van der Waals surface area contributed by atoms with Crippen LogP contribution in [0.3, 0.4) is 0 Å². The van der Waals surface area contributed by atoms with Gasteiger partial charge in [0.25, 0.3) is 0 Å². The highest BCUT2D eigenvalue weighted by molar-refractivity contribution is 7.15. The fourth-order valence-corrected chi connectivity index (χ4v) is 4.79. The third-order valence-electron chi connectivity index (χ3n) is 5.81. The molecular formula is C25H33N3O3S. The summed E-state index contributed by atoms with van der Waals surface area (Å²) >= 11 is 1.28. The van der Waals surface area contributed by atoms with Crippen molar-refractivity contribution in [2.45, 2.75) is 59.9 Å². The Morgan fingerprint density at radius 2 is 1.97 bits per heavy atom. The molecule has 0 unspecified atom stereocenters. The van der Waals surface area contributed by atoms with Gasteiger partial charge in [0.05, 0.1) is 29.9 Å². The van der Waals surface area contributed by atoms with Crippen molar-refractivity contribution in [3.8, 4) is 11.8 Å². The first-order valence-corrected chi connectivity index (χ1v) is 11.9. The van der Waals surface area contributed by atoms with Gasteiger partial charge < -0.3 is 9.64 Å². The number of esters is 1. The van der Waals surface area contributed by atoms with Crippen molar-refractivity contribution in [2.24, 2.45) is 24.3 Å². The van der Waals surface area contributed by atoms with E-state index in [2.05, 4.69) is 23.9 Å². The number of rotatable bonds is 5. The third kappa shape index (κ3) is 5.80. The van der Waals surface area contributed by atoms with E-state index in [1.54, 1.807) is 15.8 Å². The van der Waals surface area contributed by atoms with Crippen molar-refractivity contribution in [3.05, 3.63) is 33.8 Å². The number of carbonyl (C=O) groups is 2. The van der Waals surface area contributed by atoms with Crippen molar-refractivity contribution >= 4 is 28.9 Å². The van der Waals surface area contributed by atoms with Gasteiger partial charge in [-0.1, -0.05) is 18.8 Å². The van der Waals surface area contributed by atoms with Crippen LogP contribution in [0.2, 0.25) is 0 Å². The molecule has 0 aliphatic heterocycles. The number of ether oxygens (including phenoxy) is 1. The SMILES string of the molecule is COC(=O)c1sc(C#CC(C)(C)C)cc1N(Cc1ccnn1C)C(=O)C1CCC(C)CC1. The second-order valence-corrected chi connectivity index (χ2v) is 10.7. The third-order valence-corrected chi connectivity index (χ3v) is 6.83. The molecule has 0 saturated heterocycles. The summed E-state index contributed by atoms with van der Waals surface area (Å²) in [5.74, 6) is 6.60. The van der Waals surface area contributed by atoms with Crippen LogP contribution >= 0.6 is 11.3 Å². The average molecular weight is 456 g/mol. The molecular weight excluding hydrogens is 422 g/mol. The molecule has 0 bridgehead atoms. The molecule has 0 spiro atoms. The van der Waals surface area contributed by atoms with Crippen LogP contribution in [0, 0.1) is 29.1 Å². The first-order valence-electron chi connectivity index (χ1n) is 11.1. The summed E-state index contributed by atoms with van der Waals surface area (Å²) in [5, 5.41) is 4.25. The summed E-state index contributed by atoms with van der Waals surface area (Å²) in [6, 6.07) is 3.75. The van der Waals surface area contributed by atoms with Gasteiger partial charge in [-0.25, -0.2) is 4.79 Å². The lowest BCUT2D eigenvalue weighted by atomic mass is 9.82. The summed E-state index contributed by atoms with van der Waals surface area (Å²) in [6.45, 7) is 8.70. The maximum atomic E-state index is 13.7. The second kappa shape index (κ2) is 9.91. The molecule has 2 aromatic heterocycles. The number of hydrogen-bond donors (Lipinski definition) is 0. The summed E-state index contributed by atoms with van der Waals surface area (Å²) in [7, 11) is 3.22. The minimum absolute atomic E-state index is 0.0473. The van der Waals surface area contributed by atoms with Gasteiger partial charge in [-0.3, -0.25) is 9.48 Å². The van der Waals surface area contributed by atoms with Gasteiger partial charge in [-0.05, 0) is 64.5 Å². The Balaban J connectivity index is 2.04. The Labute approximate surface area is 194 Å². The van der Waals surface area contributed by atoms with E-state index in [1.807, 2.05) is 40.0 Å². The zero-order chi connectivity index (χ0) is 23.5. The zero-order valence-corrected chi connectivity index (χ0v) is 20.7. The highest BCUT2D eigenvalue weighted by atomic mass is 32.1. The van der Waals surface area contributed by atoms with Crippen molar-refractivity contribution in [3.63, 3.8) is 0 Å². The van der Waals surface area contributed by atoms with Gasteiger partial charge in [-0.15, -0.1) is 11.3 Å². The highest BCUT2D eigenvalue weighted by Gasteiger charge is 2.32. The van der Waals surface area contributed by atoms with Gasteiger partial charge in [-0.2, -0.15) is 5.10 Å². The Morgan fingerprint density at radius 3 is 2.53 bits per heavy atom. The Kier molecular flexibility index (Phi) is 7.45. The van der Waals surface area contributed by atoms with Crippen LogP contribution in [-0.4, -0.2) is 28.8 Å². The summed E-state index contributed by atoms with van der Waals surface area (Å²) < 4.78 is 6.81. The molecule has 0 N–H and O–H groups in total. The predicted octanol–water partition coefficient (Wildman–Crippen LogP) is 5.03. The van der Waals surface area contributed by atoms with Gasteiger partial charge in [0.2, 0.25) is 5.91 Å². The normalized spacial score (nSPS) is 18.6. The molecule has 0 radical (unpaired) electrons. The van der Waals surface area contributed by atoms with Crippen molar-refractivity contribution in [2.75, 3.05) is 12.0 Å². The molecule has 0 atom stereocenters. The van der Waals surface area contributed by atoms with Crippen LogP contribution in [0.4, 0.5) is 5.69 Å². The van der Waals surface area contributed by atoms with Crippen LogP contribution in [0.25, 0.3) is 0 Å². The number of nitrogens with zero attached hydrogens (tertiary/aromatic N) is 3. The molecule has 2 heterocycles. The van der Waals surface area contributed by atoms with Gasteiger partial charge >= 0.3 is 5.97 Å². The predicted molar refractivity (Wildman–Crippen MR) is 128 cm³/mol. The molecule has 2 aromatic rings. The molecule has 6 nitrogen and oxygen atoms in total. The van der Waals surface area contributed by atoms with Crippen LogP contribution < -0.4 is 4.90 Å². The number of thiophene rings is 1. The van der Waals surface area contributed by atoms with E-state index in [9.17, 15) is 9.59 Å². The van der Waals surface area contributed by atoms with E-state index in [1.165, 1.54) is 18.4 Å². The van der Waals surface area contributed by atoms with Gasteiger partial charge in [0, 0.05) is 24.6 Å². The van der Waals surface area contributed by atoms with Crippen LogP contribution in [-0.2, 0) is 23.1 Å². The molecule has 32 heavy (non-hydrogen) atoms. The molecule has 7 heteroatoms. The zero-order valence-electron chi connectivity index (χ0n) is 19.9. The summed E-state index contributed by atoms with van der Waals surface area (Å²) in [6.07, 6.45) is 5.55. The molecule has 0 aromatic carbocycles. The standard InChI is InChI=1S/C25H33N3O3S/c1-17-7-9-18(10-8-17)23(29)28(16-19-12-14-26-27(19)5)21-15-20(11-13-25(2,3)4)32-22(21)24(30)31-6/h12,14-15,17-18H,7-10,16H2,1-6H3. The second-order valence-electron chi connectivity index (χ2n) is 9.64. The first-order chi connectivity index (χ1) is 15.1. The molecule has 1 aliphatic carbocycles. The fraction of sp³-hybridized carbons (Fsp3) is 0.560. The Hall–Kier alpha value is -2.59. The Morgan fingerprint density at radius 1 is 1.28 bits per heavy atom. The number of amides is 1. The lowest BCUT2D eigenvalue weighted by Crippen LogP contribution is -2.38. The number of methoxy groups -OCH3 is 1. The highest BCUT2D eigenvalue weighted by Crippen LogP contribution is 2.36. The summed E-state index contributed by atoms with van der Waals surface area (Å²) in [5.41, 5.74) is 1.30. The van der Waals surface area contributed by atoms with Crippen LogP contribution in [0.5, 0.6) is 0 Å². The van der Waals surface area contributed by atoms with E-state index in [-0.39, 0.29) is 17.2 Å². The minimum Gasteiger partial charge on any atom is -0.465 e. The van der Waals surface area contributed by atoms with E-state index >= 15 is 0 Å². The quantitative estimate of drug-likeness (QED) is 0.469. The lowest BCUT2D eigenvalue weighted by molar-refractivity contribution is -0.123. The van der Waals surface area contributed by atoms with Crippen LogP contribution in [0.15, 0.2) is 18.3 Å². The van der Waals surface area contributed by atoms with Gasteiger partial charge in [0.1, 0.15) is 4.88 Å². The number of aromatic nitrogens is 2. The molecule has 1 aliphatic rings. The first kappa shape index (κ1) is 24.1. The van der Waals surface area contributed by atoms with Crippen LogP contribution in [0.1, 0.15) is 73.6 Å². The van der Waals surface area contributed by atoms with Crippen molar-refractivity contribution in [1.82, 2.24) is 9.78 Å². The van der Waals surface area contributed by atoms with E-state index in [4.69, 9.17) is 4.74 Å². The largest absolute Gasteiger partial charge is 0.465 e. The fourth-order valence-electron chi connectivity index (χ4n) is 3.86. The number of aryl methyl sites for hydroxylation is 1. The average Bonchev–Trinajstić information content (AvgIpc) is 3.35. The van der Waals surface area contributed by atoms with Gasteiger partial charge in [0.15, 0.2) is 0 Å². The minimum atomic E-state index is -0.450. The van der Waals surface area contributed by atoms with Crippen molar-refractivity contribution < 1.29 is 14.3 Å². The molecule has 3 rings (SSSR count). The molecule has 1 amide bonds. The van der Waals surface area contributed by atoms with E-state index < -0.39 is 5.97 Å². The van der Waals surface area contributed by atoms with E-state index in [0.717, 1.165) is 36.3 Å². The molecule has 172 valence electrons. The Bertz CT molecular complexity index is 1030. The summed E-state index contributed by atoms with van der Waals surface area (Å²) in [4.78, 5) is 29.3. The maximum absolute atomic E-state index is 13.7. The topological polar surface area (TPSA) is 64.4 Å². The number of hydrogen-bond acceptors (Lipinski definition) is 5. The lowest BCUT2D eigenvalue weighted by Gasteiger charge is -2.31. The maximum Gasteiger partial charge on any atom is 0.350 e. The van der Waals surface area contributed by atoms with Crippen molar-refractivity contribution in [1.29, 1.82) is 0 Å². The van der Waals surface area contributed by atoms with E-state index in [0.29, 0.717) is 23.0 Å². The molecule has 1 saturated carbocycles. The molecule has 1 fully saturated rings. The number of anilines is 1. The monoisotopic (exact) mass is 455 g/mol.